The van der Waals surface area contributed by atoms with Crippen molar-refractivity contribution in [1.82, 2.24) is 19.9 Å². The summed E-state index contributed by atoms with van der Waals surface area (Å²) in [6, 6.07) is 6.73. The first-order valence-corrected chi connectivity index (χ1v) is 11.3. The predicted octanol–water partition coefficient (Wildman–Crippen LogP) is 2.34. The fourth-order valence-corrected chi connectivity index (χ4v) is 4.02. The van der Waals surface area contributed by atoms with Crippen molar-refractivity contribution in [3.05, 3.63) is 23.8 Å². The van der Waals surface area contributed by atoms with Gasteiger partial charge in [0.25, 0.3) is 0 Å². The van der Waals surface area contributed by atoms with Crippen LogP contribution in [0.5, 0.6) is 11.5 Å². The number of aromatic nitrogens is 3. The van der Waals surface area contributed by atoms with Crippen molar-refractivity contribution < 1.29 is 9.47 Å². The van der Waals surface area contributed by atoms with Crippen LogP contribution in [0.1, 0.15) is 32.3 Å². The molecule has 1 saturated carbocycles. The quantitative estimate of drug-likeness (QED) is 0.685. The van der Waals surface area contributed by atoms with Gasteiger partial charge in [0.2, 0.25) is 24.6 Å². The summed E-state index contributed by atoms with van der Waals surface area (Å²) in [4.78, 5) is 21.2. The van der Waals surface area contributed by atoms with Gasteiger partial charge in [-0.1, -0.05) is 6.07 Å². The highest BCUT2D eigenvalue weighted by atomic mass is 16.7. The second kappa shape index (κ2) is 8.74. The molecule has 0 radical (unpaired) electrons. The number of ether oxygens (including phenoxy) is 2. The summed E-state index contributed by atoms with van der Waals surface area (Å²) in [6.45, 7) is 11.0. The zero-order valence-corrected chi connectivity index (χ0v) is 18.4. The molecule has 0 bridgehead atoms. The van der Waals surface area contributed by atoms with Crippen molar-refractivity contribution in [2.75, 3.05) is 61.2 Å². The van der Waals surface area contributed by atoms with Crippen LogP contribution < -0.4 is 24.6 Å². The van der Waals surface area contributed by atoms with Crippen LogP contribution in [-0.2, 0) is 6.54 Å². The molecule has 0 unspecified atom stereocenters. The number of fused-ring (bicyclic) bond motifs is 1. The van der Waals surface area contributed by atoms with E-state index in [-0.39, 0.29) is 0 Å². The van der Waals surface area contributed by atoms with Gasteiger partial charge in [0.1, 0.15) is 0 Å². The second-order valence-electron chi connectivity index (χ2n) is 8.30. The molecule has 166 valence electrons. The summed E-state index contributed by atoms with van der Waals surface area (Å²) >= 11 is 0. The molecule has 0 atom stereocenters. The zero-order chi connectivity index (χ0) is 21.2. The molecular weight excluding hydrogens is 394 g/mol. The molecule has 2 fully saturated rings. The maximum atomic E-state index is 5.51. The van der Waals surface area contributed by atoms with Crippen LogP contribution in [0.4, 0.5) is 17.8 Å². The van der Waals surface area contributed by atoms with Gasteiger partial charge < -0.3 is 24.6 Å². The molecule has 3 aliphatic rings. The van der Waals surface area contributed by atoms with E-state index in [4.69, 9.17) is 19.4 Å². The first kappa shape index (κ1) is 20.1. The largest absolute Gasteiger partial charge is 0.454 e. The van der Waals surface area contributed by atoms with Gasteiger partial charge in [-0.2, -0.15) is 15.0 Å². The van der Waals surface area contributed by atoms with E-state index in [9.17, 15) is 0 Å². The average molecular weight is 426 g/mol. The molecule has 1 N–H and O–H groups in total. The molecule has 2 aliphatic heterocycles. The lowest BCUT2D eigenvalue weighted by Gasteiger charge is -2.35. The van der Waals surface area contributed by atoms with E-state index in [1.165, 1.54) is 18.4 Å². The molecule has 31 heavy (non-hydrogen) atoms. The summed E-state index contributed by atoms with van der Waals surface area (Å²) in [5.41, 5.74) is 1.25. The molecular formula is C22H31N7O2. The van der Waals surface area contributed by atoms with Crippen molar-refractivity contribution in [1.29, 1.82) is 0 Å². The Morgan fingerprint density at radius 2 is 1.77 bits per heavy atom. The standard InChI is InChI=1S/C22H31N7O2/c1-3-28(4-2)21-24-20(23-17-6-7-17)25-22(26-21)29-11-9-27(10-12-29)14-16-5-8-18-19(13-16)31-15-30-18/h5,8,13,17H,3-4,6-7,9-12,14-15H2,1-2H3,(H,23,24,25,26). The maximum absolute atomic E-state index is 5.51. The Morgan fingerprint density at radius 1 is 1.00 bits per heavy atom. The topological polar surface area (TPSA) is 78.9 Å². The minimum atomic E-state index is 0.316. The lowest BCUT2D eigenvalue weighted by Crippen LogP contribution is -2.46. The van der Waals surface area contributed by atoms with Crippen molar-refractivity contribution in [3.8, 4) is 11.5 Å². The van der Waals surface area contributed by atoms with Gasteiger partial charge in [-0.15, -0.1) is 0 Å². The molecule has 0 spiro atoms. The van der Waals surface area contributed by atoms with Crippen LogP contribution >= 0.6 is 0 Å². The van der Waals surface area contributed by atoms with Crippen LogP contribution in [0.2, 0.25) is 0 Å². The van der Waals surface area contributed by atoms with Gasteiger partial charge in [0.15, 0.2) is 11.5 Å². The van der Waals surface area contributed by atoms with Gasteiger partial charge in [0.05, 0.1) is 0 Å². The van der Waals surface area contributed by atoms with Crippen LogP contribution in [-0.4, -0.2) is 72.0 Å². The monoisotopic (exact) mass is 425 g/mol. The molecule has 5 rings (SSSR count). The highest BCUT2D eigenvalue weighted by Crippen LogP contribution is 2.33. The summed E-state index contributed by atoms with van der Waals surface area (Å²) < 4.78 is 10.9. The maximum Gasteiger partial charge on any atom is 0.232 e. The molecule has 3 heterocycles. The summed E-state index contributed by atoms with van der Waals surface area (Å²) in [5, 5.41) is 3.45. The molecule has 9 heteroatoms. The molecule has 1 aromatic carbocycles. The highest BCUT2D eigenvalue weighted by molar-refractivity contribution is 5.47. The van der Waals surface area contributed by atoms with E-state index in [1.807, 2.05) is 6.07 Å². The molecule has 1 saturated heterocycles. The van der Waals surface area contributed by atoms with Crippen molar-refractivity contribution in [2.45, 2.75) is 39.3 Å². The van der Waals surface area contributed by atoms with Crippen LogP contribution in [0.3, 0.4) is 0 Å². The Kier molecular flexibility index (Phi) is 5.67. The highest BCUT2D eigenvalue weighted by Gasteiger charge is 2.25. The van der Waals surface area contributed by atoms with E-state index in [1.54, 1.807) is 0 Å². The normalized spacial score (nSPS) is 18.3. The van der Waals surface area contributed by atoms with E-state index in [0.29, 0.717) is 18.8 Å². The van der Waals surface area contributed by atoms with E-state index >= 15 is 0 Å². The van der Waals surface area contributed by atoms with E-state index < -0.39 is 0 Å². The van der Waals surface area contributed by atoms with Gasteiger partial charge >= 0.3 is 0 Å². The fourth-order valence-electron chi connectivity index (χ4n) is 4.02. The Morgan fingerprint density at radius 3 is 2.52 bits per heavy atom. The minimum absolute atomic E-state index is 0.316. The molecule has 0 amide bonds. The van der Waals surface area contributed by atoms with Crippen molar-refractivity contribution in [2.24, 2.45) is 0 Å². The number of rotatable bonds is 8. The predicted molar refractivity (Wildman–Crippen MR) is 120 cm³/mol. The average Bonchev–Trinajstić information content (AvgIpc) is 3.48. The number of anilines is 3. The van der Waals surface area contributed by atoms with Crippen molar-refractivity contribution >= 4 is 17.8 Å². The number of nitrogens with one attached hydrogen (secondary N) is 1. The lowest BCUT2D eigenvalue weighted by molar-refractivity contribution is 0.174. The second-order valence-corrected chi connectivity index (χ2v) is 8.30. The number of hydrogen-bond acceptors (Lipinski definition) is 9. The number of hydrogen-bond donors (Lipinski definition) is 1. The Labute approximate surface area is 183 Å². The summed E-state index contributed by atoms with van der Waals surface area (Å²) in [7, 11) is 0. The van der Waals surface area contributed by atoms with Gasteiger partial charge in [0, 0.05) is 51.9 Å². The van der Waals surface area contributed by atoms with E-state index in [2.05, 4.69) is 51.0 Å². The Balaban J connectivity index is 1.25. The molecule has 1 aliphatic carbocycles. The van der Waals surface area contributed by atoms with E-state index in [0.717, 1.165) is 69.2 Å². The fraction of sp³-hybridized carbons (Fsp3) is 0.591. The third-order valence-electron chi connectivity index (χ3n) is 6.07. The smallest absolute Gasteiger partial charge is 0.232 e. The third-order valence-corrected chi connectivity index (χ3v) is 6.07. The first-order valence-electron chi connectivity index (χ1n) is 11.3. The van der Waals surface area contributed by atoms with Crippen molar-refractivity contribution in [3.63, 3.8) is 0 Å². The molecule has 9 nitrogen and oxygen atoms in total. The van der Waals surface area contributed by atoms with Crippen LogP contribution in [0.25, 0.3) is 0 Å². The minimum Gasteiger partial charge on any atom is -0.454 e. The first-order chi connectivity index (χ1) is 15.2. The summed E-state index contributed by atoms with van der Waals surface area (Å²) in [6.07, 6.45) is 2.39. The van der Waals surface area contributed by atoms with Gasteiger partial charge in [-0.3, -0.25) is 4.90 Å². The summed E-state index contributed by atoms with van der Waals surface area (Å²) in [5.74, 6) is 3.94. The van der Waals surface area contributed by atoms with Gasteiger partial charge in [-0.05, 0) is 44.4 Å². The van der Waals surface area contributed by atoms with Gasteiger partial charge in [-0.25, -0.2) is 0 Å². The van der Waals surface area contributed by atoms with Crippen LogP contribution in [0, 0.1) is 0 Å². The number of piperazine rings is 1. The SMILES string of the molecule is CCN(CC)c1nc(NC2CC2)nc(N2CCN(Cc3ccc4c(c3)OCO4)CC2)n1. The number of nitrogens with zero attached hydrogens (tertiary/aromatic N) is 6. The molecule has 1 aromatic heterocycles. The number of benzene rings is 1. The Hall–Kier alpha value is -2.81. The zero-order valence-electron chi connectivity index (χ0n) is 18.4. The lowest BCUT2D eigenvalue weighted by atomic mass is 10.1. The Bertz CT molecular complexity index is 909. The third kappa shape index (κ3) is 4.61. The molecule has 2 aromatic rings. The van der Waals surface area contributed by atoms with Crippen LogP contribution in [0.15, 0.2) is 18.2 Å².